The average molecular weight is 558 g/mol. The summed E-state index contributed by atoms with van der Waals surface area (Å²) >= 11 is 5.89. The molecule has 3 aromatic carbocycles. The van der Waals surface area contributed by atoms with E-state index < -0.39 is 15.9 Å². The summed E-state index contributed by atoms with van der Waals surface area (Å²) in [7, 11) is -2.15. The number of anilines is 2. The normalized spacial score (nSPS) is 14.1. The number of nitrogens with zero attached hydrogens (tertiary/aromatic N) is 2. The summed E-state index contributed by atoms with van der Waals surface area (Å²) in [5, 5.41) is 3.20. The number of hydrogen-bond acceptors (Lipinski definition) is 6. The molecule has 0 atom stereocenters. The van der Waals surface area contributed by atoms with Crippen LogP contribution in [-0.4, -0.2) is 64.5 Å². The largest absolute Gasteiger partial charge is 0.484 e. The van der Waals surface area contributed by atoms with Gasteiger partial charge in [-0.1, -0.05) is 17.7 Å². The molecule has 1 heterocycles. The number of amides is 2. The van der Waals surface area contributed by atoms with Crippen molar-refractivity contribution in [2.45, 2.75) is 11.8 Å². The molecule has 0 spiro atoms. The third-order valence-corrected chi connectivity index (χ3v) is 8.18. The number of carbonyl (C=O) groups is 2. The van der Waals surface area contributed by atoms with Gasteiger partial charge >= 0.3 is 0 Å². The fraction of sp³-hybridized carbons (Fsp3) is 0.259. The van der Waals surface area contributed by atoms with Crippen LogP contribution in [0.5, 0.6) is 5.75 Å². The Balaban J connectivity index is 1.38. The molecule has 0 radical (unpaired) electrons. The van der Waals surface area contributed by atoms with E-state index in [9.17, 15) is 18.0 Å². The van der Waals surface area contributed by atoms with E-state index in [1.54, 1.807) is 80.7 Å². The van der Waals surface area contributed by atoms with Gasteiger partial charge in [0.1, 0.15) is 10.6 Å². The second-order valence-corrected chi connectivity index (χ2v) is 11.1. The first-order chi connectivity index (χ1) is 18.1. The molecule has 38 heavy (non-hydrogen) atoms. The summed E-state index contributed by atoms with van der Waals surface area (Å²) in [4.78, 5) is 26.9. The van der Waals surface area contributed by atoms with Gasteiger partial charge in [0.05, 0.1) is 18.9 Å². The second kappa shape index (κ2) is 12.0. The van der Waals surface area contributed by atoms with Crippen molar-refractivity contribution < 1.29 is 27.5 Å². The molecule has 200 valence electrons. The van der Waals surface area contributed by atoms with E-state index in [4.69, 9.17) is 21.1 Å². The van der Waals surface area contributed by atoms with Gasteiger partial charge in [-0.25, -0.2) is 8.42 Å². The maximum absolute atomic E-state index is 13.2. The minimum Gasteiger partial charge on any atom is -0.484 e. The lowest BCUT2D eigenvalue weighted by atomic mass is 10.2. The number of rotatable bonds is 8. The Labute approximate surface area is 227 Å². The molecule has 0 aliphatic carbocycles. The van der Waals surface area contributed by atoms with Gasteiger partial charge in [-0.3, -0.25) is 9.59 Å². The van der Waals surface area contributed by atoms with Crippen LogP contribution in [-0.2, 0) is 19.6 Å². The first-order valence-electron chi connectivity index (χ1n) is 11.9. The molecule has 1 saturated heterocycles. The van der Waals surface area contributed by atoms with Crippen molar-refractivity contribution >= 4 is 44.8 Å². The van der Waals surface area contributed by atoms with Crippen molar-refractivity contribution in [3.05, 3.63) is 82.9 Å². The van der Waals surface area contributed by atoms with Crippen molar-refractivity contribution in [2.24, 2.45) is 0 Å². The highest BCUT2D eigenvalue weighted by atomic mass is 35.5. The minimum absolute atomic E-state index is 0.0329. The fourth-order valence-corrected chi connectivity index (χ4v) is 5.64. The van der Waals surface area contributed by atoms with Crippen LogP contribution in [0.25, 0.3) is 0 Å². The molecule has 1 aliphatic heterocycles. The van der Waals surface area contributed by atoms with Crippen molar-refractivity contribution in [1.29, 1.82) is 0 Å². The van der Waals surface area contributed by atoms with Crippen LogP contribution in [0.15, 0.2) is 71.6 Å². The Bertz CT molecular complexity index is 1410. The van der Waals surface area contributed by atoms with Gasteiger partial charge in [0.15, 0.2) is 6.61 Å². The Morgan fingerprint density at radius 1 is 1.03 bits per heavy atom. The van der Waals surface area contributed by atoms with Gasteiger partial charge in [-0.05, 0) is 73.2 Å². The topological polar surface area (TPSA) is 105 Å². The SMILES string of the molecule is Cc1ccc(NC(=O)COc2ccc(N(C)C(=O)c3ccc(Cl)cc3)cc2)c(S(=O)(=O)N2CCOCC2)c1. The van der Waals surface area contributed by atoms with Gasteiger partial charge in [0, 0.05) is 36.4 Å². The number of aryl methyl sites for hydroxylation is 1. The van der Waals surface area contributed by atoms with Gasteiger partial charge < -0.3 is 19.7 Å². The molecule has 1 aliphatic rings. The van der Waals surface area contributed by atoms with E-state index in [1.807, 2.05) is 0 Å². The van der Waals surface area contributed by atoms with E-state index in [-0.39, 0.29) is 36.2 Å². The highest BCUT2D eigenvalue weighted by Crippen LogP contribution is 2.27. The Morgan fingerprint density at radius 3 is 2.34 bits per heavy atom. The smallest absolute Gasteiger partial charge is 0.262 e. The lowest BCUT2D eigenvalue weighted by Crippen LogP contribution is -2.41. The van der Waals surface area contributed by atoms with E-state index >= 15 is 0 Å². The summed E-state index contributed by atoms with van der Waals surface area (Å²) in [6.45, 7) is 2.61. The van der Waals surface area contributed by atoms with E-state index in [2.05, 4.69) is 5.32 Å². The van der Waals surface area contributed by atoms with Gasteiger partial charge in [0.25, 0.3) is 11.8 Å². The summed E-state index contributed by atoms with van der Waals surface area (Å²) in [5.74, 6) is -0.289. The Hall–Kier alpha value is -3.44. The molecule has 3 aromatic rings. The summed E-state index contributed by atoms with van der Waals surface area (Å²) in [6, 6.07) is 18.2. The predicted octanol–water partition coefficient (Wildman–Crippen LogP) is 3.96. The molecule has 0 aromatic heterocycles. The first-order valence-corrected chi connectivity index (χ1v) is 13.7. The van der Waals surface area contributed by atoms with Crippen molar-refractivity contribution in [3.63, 3.8) is 0 Å². The zero-order valence-corrected chi connectivity index (χ0v) is 22.6. The summed E-state index contributed by atoms with van der Waals surface area (Å²) in [6.07, 6.45) is 0. The van der Waals surface area contributed by atoms with Crippen LogP contribution in [0.1, 0.15) is 15.9 Å². The first kappa shape index (κ1) is 27.6. The van der Waals surface area contributed by atoms with E-state index in [0.717, 1.165) is 5.56 Å². The van der Waals surface area contributed by atoms with Crippen LogP contribution in [0.3, 0.4) is 0 Å². The molecular formula is C27H28ClN3O6S. The third-order valence-electron chi connectivity index (χ3n) is 5.99. The zero-order chi connectivity index (χ0) is 27.3. The molecule has 2 amide bonds. The quantitative estimate of drug-likeness (QED) is 0.449. The molecule has 11 heteroatoms. The van der Waals surface area contributed by atoms with Gasteiger partial charge in [-0.2, -0.15) is 4.31 Å². The van der Waals surface area contributed by atoms with Crippen molar-refractivity contribution in [1.82, 2.24) is 4.31 Å². The lowest BCUT2D eigenvalue weighted by Gasteiger charge is -2.27. The number of hydrogen-bond donors (Lipinski definition) is 1. The molecule has 0 bridgehead atoms. The van der Waals surface area contributed by atoms with Crippen LogP contribution in [0.4, 0.5) is 11.4 Å². The fourth-order valence-electron chi connectivity index (χ4n) is 3.88. The number of morpholine rings is 1. The van der Waals surface area contributed by atoms with Crippen LogP contribution < -0.4 is 15.0 Å². The molecule has 0 unspecified atom stereocenters. The Morgan fingerprint density at radius 2 is 1.68 bits per heavy atom. The maximum Gasteiger partial charge on any atom is 0.262 e. The third kappa shape index (κ3) is 6.51. The highest BCUT2D eigenvalue weighted by Gasteiger charge is 2.29. The zero-order valence-electron chi connectivity index (χ0n) is 21.0. The van der Waals surface area contributed by atoms with Crippen LogP contribution >= 0.6 is 11.6 Å². The highest BCUT2D eigenvalue weighted by molar-refractivity contribution is 7.89. The molecule has 0 saturated carbocycles. The maximum atomic E-state index is 13.2. The number of nitrogens with one attached hydrogen (secondary N) is 1. The average Bonchev–Trinajstić information content (AvgIpc) is 2.93. The monoisotopic (exact) mass is 557 g/mol. The number of carbonyl (C=O) groups excluding carboxylic acids is 2. The standard InChI is InChI=1S/C27H28ClN3O6S/c1-19-3-12-24(25(17-19)38(34,35)31-13-15-36-16-14-31)29-26(32)18-37-23-10-8-22(9-11-23)30(2)27(33)20-4-6-21(28)7-5-20/h3-12,17H,13-16,18H2,1-2H3,(H,29,32). The second-order valence-electron chi connectivity index (χ2n) is 8.72. The van der Waals surface area contributed by atoms with Crippen molar-refractivity contribution in [2.75, 3.05) is 50.2 Å². The number of halogens is 1. The minimum atomic E-state index is -3.81. The lowest BCUT2D eigenvalue weighted by molar-refractivity contribution is -0.118. The molecular weight excluding hydrogens is 530 g/mol. The number of sulfonamides is 1. The van der Waals surface area contributed by atoms with Crippen LogP contribution in [0, 0.1) is 6.92 Å². The molecule has 1 N–H and O–H groups in total. The molecule has 9 nitrogen and oxygen atoms in total. The van der Waals surface area contributed by atoms with Gasteiger partial charge in [-0.15, -0.1) is 0 Å². The summed E-state index contributed by atoms with van der Waals surface area (Å²) < 4.78 is 38.6. The molecule has 1 fully saturated rings. The number of benzene rings is 3. The molecule has 4 rings (SSSR count). The van der Waals surface area contributed by atoms with E-state index in [1.165, 1.54) is 9.21 Å². The van der Waals surface area contributed by atoms with Gasteiger partial charge in [0.2, 0.25) is 10.0 Å². The Kier molecular flexibility index (Phi) is 8.68. The van der Waals surface area contributed by atoms with E-state index in [0.29, 0.717) is 35.2 Å². The van der Waals surface area contributed by atoms with Crippen molar-refractivity contribution in [3.8, 4) is 5.75 Å². The predicted molar refractivity (Wildman–Crippen MR) is 146 cm³/mol. The number of ether oxygens (including phenoxy) is 2. The summed E-state index contributed by atoms with van der Waals surface area (Å²) in [5.41, 5.74) is 2.08. The van der Waals surface area contributed by atoms with Crippen LogP contribution in [0.2, 0.25) is 5.02 Å².